The van der Waals surface area contributed by atoms with Crippen LogP contribution < -0.4 is 11.1 Å². The molecule has 0 aliphatic carbocycles. The molecule has 1 aromatic heterocycles. The Morgan fingerprint density at radius 1 is 1.47 bits per heavy atom. The van der Waals surface area contributed by atoms with Gasteiger partial charge in [-0.2, -0.15) is 0 Å². The maximum Gasteiger partial charge on any atom is 0.376 e. The third-order valence-electron chi connectivity index (χ3n) is 2.16. The number of methoxy groups -OCH3 is 1. The summed E-state index contributed by atoms with van der Waals surface area (Å²) >= 11 is 0. The van der Waals surface area contributed by atoms with E-state index in [-0.39, 0.29) is 5.82 Å². The number of esters is 1. The molecule has 0 spiro atoms. The summed E-state index contributed by atoms with van der Waals surface area (Å²) in [6.07, 6.45) is 1.92. The van der Waals surface area contributed by atoms with E-state index in [9.17, 15) is 4.79 Å². The van der Waals surface area contributed by atoms with Crippen LogP contribution in [0.5, 0.6) is 0 Å². The molecule has 0 aromatic carbocycles. The van der Waals surface area contributed by atoms with Crippen molar-refractivity contribution in [2.24, 2.45) is 5.73 Å². The predicted molar refractivity (Wildman–Crippen MR) is 64.9 cm³/mol. The second kappa shape index (κ2) is 6.80. The number of hydrogen-bond donors (Lipinski definition) is 2. The Morgan fingerprint density at radius 3 is 2.88 bits per heavy atom. The molecule has 0 aliphatic heterocycles. The maximum atomic E-state index is 11.3. The largest absolute Gasteiger partial charge is 0.463 e. The number of carbonyl (C=O) groups excluding carboxylic acids is 1. The molecule has 0 unspecified atom stereocenters. The number of aromatic nitrogens is 2. The van der Waals surface area contributed by atoms with Gasteiger partial charge in [0, 0.05) is 18.3 Å². The zero-order valence-corrected chi connectivity index (χ0v) is 10.2. The van der Waals surface area contributed by atoms with Gasteiger partial charge in [0.1, 0.15) is 5.82 Å². The lowest BCUT2D eigenvalue weighted by Gasteiger charge is -2.07. The van der Waals surface area contributed by atoms with Gasteiger partial charge in [-0.15, -0.1) is 0 Å². The van der Waals surface area contributed by atoms with Crippen molar-refractivity contribution in [1.29, 1.82) is 0 Å². The zero-order valence-electron chi connectivity index (χ0n) is 10.2. The number of rotatable bonds is 6. The first-order valence-corrected chi connectivity index (χ1v) is 5.55. The number of carbonyl (C=O) groups is 1. The minimum atomic E-state index is -0.529. The van der Waals surface area contributed by atoms with Crippen molar-refractivity contribution in [3.05, 3.63) is 17.6 Å². The van der Waals surface area contributed by atoms with E-state index in [1.807, 2.05) is 0 Å². The van der Waals surface area contributed by atoms with Gasteiger partial charge in [0.2, 0.25) is 5.82 Å². The van der Waals surface area contributed by atoms with E-state index in [4.69, 9.17) is 5.73 Å². The predicted octanol–water partition coefficient (Wildman–Crippen LogP) is 0.722. The SMILES string of the molecule is COC(=O)c1nc(C)cc(NCCCCN)n1. The van der Waals surface area contributed by atoms with Crippen LogP contribution in [0.3, 0.4) is 0 Å². The number of anilines is 1. The van der Waals surface area contributed by atoms with Gasteiger partial charge >= 0.3 is 5.97 Å². The van der Waals surface area contributed by atoms with Crippen LogP contribution in [0, 0.1) is 6.92 Å². The van der Waals surface area contributed by atoms with Crippen LogP contribution in [0.25, 0.3) is 0 Å². The van der Waals surface area contributed by atoms with Crippen LogP contribution in [0.2, 0.25) is 0 Å². The Labute approximate surface area is 101 Å². The molecule has 1 rings (SSSR count). The van der Waals surface area contributed by atoms with E-state index in [0.717, 1.165) is 25.1 Å². The molecule has 94 valence electrons. The van der Waals surface area contributed by atoms with Crippen LogP contribution >= 0.6 is 0 Å². The molecule has 0 saturated carbocycles. The zero-order chi connectivity index (χ0) is 12.7. The standard InChI is InChI=1S/C11H18N4O2/c1-8-7-9(13-6-4-3-5-12)15-10(14-8)11(16)17-2/h7H,3-6,12H2,1-2H3,(H,13,14,15). The molecule has 0 aliphatic rings. The average molecular weight is 238 g/mol. The molecule has 0 radical (unpaired) electrons. The smallest absolute Gasteiger partial charge is 0.376 e. The number of nitrogens with two attached hydrogens (primary N) is 1. The molecule has 0 bridgehead atoms. The summed E-state index contributed by atoms with van der Waals surface area (Å²) in [6.45, 7) is 3.26. The van der Waals surface area contributed by atoms with Crippen LogP contribution in [0.1, 0.15) is 29.2 Å². The van der Waals surface area contributed by atoms with Crippen molar-refractivity contribution < 1.29 is 9.53 Å². The van der Waals surface area contributed by atoms with E-state index in [2.05, 4.69) is 20.0 Å². The van der Waals surface area contributed by atoms with Crippen molar-refractivity contribution in [3.63, 3.8) is 0 Å². The van der Waals surface area contributed by atoms with Crippen LogP contribution in [-0.4, -0.2) is 36.1 Å². The lowest BCUT2D eigenvalue weighted by atomic mass is 10.3. The van der Waals surface area contributed by atoms with E-state index >= 15 is 0 Å². The van der Waals surface area contributed by atoms with Gasteiger partial charge in [0.05, 0.1) is 7.11 Å². The minimum absolute atomic E-state index is 0.0776. The van der Waals surface area contributed by atoms with Crippen molar-refractivity contribution in [2.45, 2.75) is 19.8 Å². The van der Waals surface area contributed by atoms with Gasteiger partial charge < -0.3 is 15.8 Å². The second-order valence-electron chi connectivity index (χ2n) is 3.63. The maximum absolute atomic E-state index is 11.3. The summed E-state index contributed by atoms with van der Waals surface area (Å²) in [5.74, 6) is 0.183. The molecule has 0 fully saturated rings. The van der Waals surface area contributed by atoms with Crippen molar-refractivity contribution in [3.8, 4) is 0 Å². The first-order valence-electron chi connectivity index (χ1n) is 5.55. The van der Waals surface area contributed by atoms with Gasteiger partial charge in [-0.1, -0.05) is 0 Å². The quantitative estimate of drug-likeness (QED) is 0.560. The summed E-state index contributed by atoms with van der Waals surface area (Å²) in [5, 5.41) is 3.13. The molecule has 0 atom stereocenters. The van der Waals surface area contributed by atoms with Crippen LogP contribution in [0.15, 0.2) is 6.07 Å². The third-order valence-corrected chi connectivity index (χ3v) is 2.16. The second-order valence-corrected chi connectivity index (χ2v) is 3.63. The summed E-state index contributed by atoms with van der Waals surface area (Å²) in [5.41, 5.74) is 6.12. The molecule has 0 saturated heterocycles. The number of unbranched alkanes of at least 4 members (excludes halogenated alkanes) is 1. The van der Waals surface area contributed by atoms with Gasteiger partial charge in [-0.3, -0.25) is 0 Å². The number of nitrogens with one attached hydrogen (secondary N) is 1. The summed E-state index contributed by atoms with van der Waals surface area (Å²) < 4.78 is 4.58. The number of hydrogen-bond acceptors (Lipinski definition) is 6. The molecule has 3 N–H and O–H groups in total. The van der Waals surface area contributed by atoms with E-state index in [1.54, 1.807) is 13.0 Å². The summed E-state index contributed by atoms with van der Waals surface area (Å²) in [7, 11) is 1.31. The molecule has 6 nitrogen and oxygen atoms in total. The fourth-order valence-electron chi connectivity index (χ4n) is 1.33. The fraction of sp³-hybridized carbons (Fsp3) is 0.545. The van der Waals surface area contributed by atoms with E-state index in [0.29, 0.717) is 12.4 Å². The number of aryl methyl sites for hydroxylation is 1. The Bertz CT molecular complexity index is 382. The molecule has 17 heavy (non-hydrogen) atoms. The topological polar surface area (TPSA) is 90.1 Å². The van der Waals surface area contributed by atoms with Crippen LogP contribution in [0.4, 0.5) is 5.82 Å². The highest BCUT2D eigenvalue weighted by atomic mass is 16.5. The molecular weight excluding hydrogens is 220 g/mol. The molecule has 6 heteroatoms. The number of nitrogens with zero attached hydrogens (tertiary/aromatic N) is 2. The minimum Gasteiger partial charge on any atom is -0.463 e. The fourth-order valence-corrected chi connectivity index (χ4v) is 1.33. The van der Waals surface area contributed by atoms with E-state index < -0.39 is 5.97 Å². The molecule has 1 aromatic rings. The first-order chi connectivity index (χ1) is 8.17. The Balaban J connectivity index is 2.65. The van der Waals surface area contributed by atoms with Gasteiger partial charge in [-0.05, 0) is 26.3 Å². The first kappa shape index (κ1) is 13.4. The normalized spacial score (nSPS) is 10.1. The Morgan fingerprint density at radius 2 is 2.24 bits per heavy atom. The summed E-state index contributed by atoms with van der Waals surface area (Å²) in [4.78, 5) is 19.4. The lowest BCUT2D eigenvalue weighted by molar-refractivity contribution is 0.0586. The highest BCUT2D eigenvalue weighted by Gasteiger charge is 2.10. The van der Waals surface area contributed by atoms with Crippen molar-refractivity contribution >= 4 is 11.8 Å². The monoisotopic (exact) mass is 238 g/mol. The average Bonchev–Trinajstić information content (AvgIpc) is 2.33. The van der Waals surface area contributed by atoms with Gasteiger partial charge in [0.25, 0.3) is 0 Å². The Hall–Kier alpha value is -1.69. The van der Waals surface area contributed by atoms with Gasteiger partial charge in [0.15, 0.2) is 0 Å². The molecule has 0 amide bonds. The lowest BCUT2D eigenvalue weighted by Crippen LogP contribution is -2.12. The number of ether oxygens (including phenoxy) is 1. The third kappa shape index (κ3) is 4.36. The highest BCUT2D eigenvalue weighted by Crippen LogP contribution is 2.07. The molecule has 1 heterocycles. The summed E-state index contributed by atoms with van der Waals surface area (Å²) in [6, 6.07) is 1.79. The van der Waals surface area contributed by atoms with Gasteiger partial charge in [-0.25, -0.2) is 14.8 Å². The van der Waals surface area contributed by atoms with Crippen LogP contribution in [-0.2, 0) is 4.74 Å². The van der Waals surface area contributed by atoms with Crippen molar-refractivity contribution in [1.82, 2.24) is 9.97 Å². The molecular formula is C11H18N4O2. The van der Waals surface area contributed by atoms with Crippen molar-refractivity contribution in [2.75, 3.05) is 25.5 Å². The highest BCUT2D eigenvalue weighted by molar-refractivity contribution is 5.85. The Kier molecular flexibility index (Phi) is 5.35. The van der Waals surface area contributed by atoms with E-state index in [1.165, 1.54) is 7.11 Å².